The second-order valence-electron chi connectivity index (χ2n) is 3.69. The van der Waals surface area contributed by atoms with Gasteiger partial charge < -0.3 is 0 Å². The second kappa shape index (κ2) is 5.64. The minimum atomic E-state index is 0.130. The van der Waals surface area contributed by atoms with Crippen molar-refractivity contribution in [2.45, 2.75) is 11.3 Å². The molecule has 0 aliphatic carbocycles. The molecule has 2 nitrogen and oxygen atoms in total. The number of thioether (sulfide) groups is 1. The van der Waals surface area contributed by atoms with Gasteiger partial charge in [-0.15, -0.1) is 11.8 Å². The molecular weight excluding hydrogens is 230 g/mol. The standard InChI is InChI=1S/C14H13NOS/c1-17-13-6-4-12(5-7-13)14(16)9-11-3-2-8-15-10-11/h2-8,10H,9H2,1H3. The number of carbonyl (C=O) groups excluding carboxylic acids is 1. The van der Waals surface area contributed by atoms with Crippen molar-refractivity contribution in [3.05, 3.63) is 59.9 Å². The fraction of sp³-hybridized carbons (Fsp3) is 0.143. The van der Waals surface area contributed by atoms with Crippen molar-refractivity contribution < 1.29 is 4.79 Å². The molecule has 86 valence electrons. The molecule has 1 aromatic heterocycles. The van der Waals surface area contributed by atoms with Gasteiger partial charge in [0.1, 0.15) is 0 Å². The molecule has 0 atom stereocenters. The number of benzene rings is 1. The summed E-state index contributed by atoms with van der Waals surface area (Å²) in [6.07, 6.45) is 5.87. The summed E-state index contributed by atoms with van der Waals surface area (Å²) < 4.78 is 0. The summed E-state index contributed by atoms with van der Waals surface area (Å²) in [7, 11) is 0. The van der Waals surface area contributed by atoms with Crippen molar-refractivity contribution in [3.8, 4) is 0 Å². The van der Waals surface area contributed by atoms with Gasteiger partial charge in [-0.2, -0.15) is 0 Å². The summed E-state index contributed by atoms with van der Waals surface area (Å²) in [6, 6.07) is 11.5. The lowest BCUT2D eigenvalue weighted by molar-refractivity contribution is 0.0993. The van der Waals surface area contributed by atoms with Crippen molar-refractivity contribution in [3.63, 3.8) is 0 Å². The van der Waals surface area contributed by atoms with E-state index in [-0.39, 0.29) is 5.78 Å². The average Bonchev–Trinajstić information content (AvgIpc) is 2.40. The largest absolute Gasteiger partial charge is 0.294 e. The Labute approximate surface area is 105 Å². The monoisotopic (exact) mass is 243 g/mol. The molecule has 17 heavy (non-hydrogen) atoms. The Morgan fingerprint density at radius 3 is 2.59 bits per heavy atom. The highest BCUT2D eigenvalue weighted by molar-refractivity contribution is 7.98. The molecule has 1 aromatic carbocycles. The topological polar surface area (TPSA) is 30.0 Å². The van der Waals surface area contributed by atoms with E-state index in [2.05, 4.69) is 4.98 Å². The fourth-order valence-electron chi connectivity index (χ4n) is 1.57. The van der Waals surface area contributed by atoms with Crippen LogP contribution in [0.1, 0.15) is 15.9 Å². The third kappa shape index (κ3) is 3.17. The van der Waals surface area contributed by atoms with Crippen molar-refractivity contribution in [1.82, 2.24) is 4.98 Å². The van der Waals surface area contributed by atoms with Crippen LogP contribution in [-0.2, 0) is 6.42 Å². The first kappa shape index (κ1) is 11.9. The Morgan fingerprint density at radius 2 is 2.00 bits per heavy atom. The summed E-state index contributed by atoms with van der Waals surface area (Å²) in [5, 5.41) is 0. The summed E-state index contributed by atoms with van der Waals surface area (Å²) in [6.45, 7) is 0. The van der Waals surface area contributed by atoms with Crippen LogP contribution in [0.15, 0.2) is 53.7 Å². The van der Waals surface area contributed by atoms with E-state index in [9.17, 15) is 4.79 Å². The number of Topliss-reactive ketones (excluding diaryl/α,β-unsaturated/α-hetero) is 1. The van der Waals surface area contributed by atoms with Crippen molar-refractivity contribution in [2.24, 2.45) is 0 Å². The maximum atomic E-state index is 12.0. The van der Waals surface area contributed by atoms with Gasteiger partial charge >= 0.3 is 0 Å². The molecule has 0 bridgehead atoms. The van der Waals surface area contributed by atoms with Crippen LogP contribution in [0.2, 0.25) is 0 Å². The number of hydrogen-bond acceptors (Lipinski definition) is 3. The Morgan fingerprint density at radius 1 is 1.24 bits per heavy atom. The van der Waals surface area contributed by atoms with Gasteiger partial charge in [-0.3, -0.25) is 9.78 Å². The zero-order valence-corrected chi connectivity index (χ0v) is 10.4. The number of nitrogens with zero attached hydrogens (tertiary/aromatic N) is 1. The quantitative estimate of drug-likeness (QED) is 0.610. The third-order valence-corrected chi connectivity index (χ3v) is 3.24. The Bertz CT molecular complexity index is 493. The van der Waals surface area contributed by atoms with E-state index >= 15 is 0 Å². The molecule has 0 N–H and O–H groups in total. The summed E-state index contributed by atoms with van der Waals surface area (Å²) in [5.41, 5.74) is 1.71. The first-order valence-electron chi connectivity index (χ1n) is 5.36. The van der Waals surface area contributed by atoms with Crippen molar-refractivity contribution in [2.75, 3.05) is 6.26 Å². The molecule has 0 unspecified atom stereocenters. The number of pyridine rings is 1. The molecule has 3 heteroatoms. The van der Waals surface area contributed by atoms with Crippen LogP contribution in [0.4, 0.5) is 0 Å². The molecule has 0 aliphatic heterocycles. The van der Waals surface area contributed by atoms with Crippen LogP contribution in [0.5, 0.6) is 0 Å². The van der Waals surface area contributed by atoms with E-state index in [4.69, 9.17) is 0 Å². The first-order chi connectivity index (χ1) is 8.29. The Kier molecular flexibility index (Phi) is 3.94. The second-order valence-corrected chi connectivity index (χ2v) is 4.57. The predicted molar refractivity (Wildman–Crippen MR) is 70.5 cm³/mol. The van der Waals surface area contributed by atoms with E-state index in [1.165, 1.54) is 4.90 Å². The van der Waals surface area contributed by atoms with Gasteiger partial charge in [0.2, 0.25) is 0 Å². The highest BCUT2D eigenvalue weighted by atomic mass is 32.2. The Balaban J connectivity index is 2.09. The minimum Gasteiger partial charge on any atom is -0.294 e. The van der Waals surface area contributed by atoms with Crippen LogP contribution < -0.4 is 0 Å². The Hall–Kier alpha value is -1.61. The van der Waals surface area contributed by atoms with Crippen molar-refractivity contribution in [1.29, 1.82) is 0 Å². The lowest BCUT2D eigenvalue weighted by Crippen LogP contribution is -2.03. The van der Waals surface area contributed by atoms with Gasteiger partial charge in [0.15, 0.2) is 5.78 Å². The molecule has 2 aromatic rings. The molecule has 0 radical (unpaired) electrons. The minimum absolute atomic E-state index is 0.130. The van der Waals surface area contributed by atoms with Gasteiger partial charge in [0.05, 0.1) is 0 Å². The number of ketones is 1. The van der Waals surface area contributed by atoms with Gasteiger partial charge in [-0.05, 0) is 30.0 Å². The zero-order chi connectivity index (χ0) is 12.1. The highest BCUT2D eigenvalue weighted by Crippen LogP contribution is 2.16. The predicted octanol–water partition coefficient (Wildman–Crippen LogP) is 3.23. The average molecular weight is 243 g/mol. The molecule has 0 saturated carbocycles. The first-order valence-corrected chi connectivity index (χ1v) is 6.58. The number of carbonyl (C=O) groups is 1. The van der Waals surface area contributed by atoms with Crippen LogP contribution in [0.25, 0.3) is 0 Å². The maximum Gasteiger partial charge on any atom is 0.167 e. The highest BCUT2D eigenvalue weighted by Gasteiger charge is 2.06. The smallest absolute Gasteiger partial charge is 0.167 e. The number of rotatable bonds is 4. The van der Waals surface area contributed by atoms with E-state index in [1.54, 1.807) is 24.2 Å². The lowest BCUT2D eigenvalue weighted by Gasteiger charge is -2.02. The lowest BCUT2D eigenvalue weighted by atomic mass is 10.0. The molecule has 2 rings (SSSR count). The van der Waals surface area contributed by atoms with Crippen LogP contribution >= 0.6 is 11.8 Å². The van der Waals surface area contributed by atoms with E-state index < -0.39 is 0 Å². The number of hydrogen-bond donors (Lipinski definition) is 0. The molecule has 0 aliphatic rings. The van der Waals surface area contributed by atoms with E-state index in [1.807, 2.05) is 42.7 Å². The zero-order valence-electron chi connectivity index (χ0n) is 9.59. The SMILES string of the molecule is CSc1ccc(C(=O)Cc2cccnc2)cc1. The van der Waals surface area contributed by atoms with Gasteiger partial charge in [-0.1, -0.05) is 18.2 Å². The van der Waals surface area contributed by atoms with Crippen LogP contribution in [-0.4, -0.2) is 17.0 Å². The molecule has 1 heterocycles. The molecule has 0 fully saturated rings. The van der Waals surface area contributed by atoms with Crippen molar-refractivity contribution >= 4 is 17.5 Å². The normalized spacial score (nSPS) is 10.2. The fourth-order valence-corrected chi connectivity index (χ4v) is 1.98. The summed E-state index contributed by atoms with van der Waals surface area (Å²) in [5.74, 6) is 0.130. The third-order valence-electron chi connectivity index (χ3n) is 2.50. The summed E-state index contributed by atoms with van der Waals surface area (Å²) in [4.78, 5) is 17.2. The maximum absolute atomic E-state index is 12.0. The van der Waals surface area contributed by atoms with E-state index in [0.717, 1.165) is 11.1 Å². The molecule has 0 amide bonds. The van der Waals surface area contributed by atoms with Gasteiger partial charge in [0, 0.05) is 29.3 Å². The molecular formula is C14H13NOS. The molecule has 0 spiro atoms. The summed E-state index contributed by atoms with van der Waals surface area (Å²) >= 11 is 1.67. The van der Waals surface area contributed by atoms with Gasteiger partial charge in [-0.25, -0.2) is 0 Å². The van der Waals surface area contributed by atoms with Crippen LogP contribution in [0.3, 0.4) is 0 Å². The van der Waals surface area contributed by atoms with E-state index in [0.29, 0.717) is 6.42 Å². The molecule has 0 saturated heterocycles. The number of aromatic nitrogens is 1. The van der Waals surface area contributed by atoms with Crippen LogP contribution in [0, 0.1) is 0 Å². The van der Waals surface area contributed by atoms with Gasteiger partial charge in [0.25, 0.3) is 0 Å².